The zero-order chi connectivity index (χ0) is 28.0. The van der Waals surface area contributed by atoms with Crippen molar-refractivity contribution in [1.29, 1.82) is 0 Å². The molecule has 0 amide bonds. The molecule has 0 saturated heterocycles. The molecule has 0 bridgehead atoms. The number of aromatic nitrogens is 2. The van der Waals surface area contributed by atoms with E-state index < -0.39 is 10.1 Å². The molecule has 2 aromatic heterocycles. The predicted octanol–water partition coefficient (Wildman–Crippen LogP) is 6.64. The Bertz CT molecular complexity index is 1360. The van der Waals surface area contributed by atoms with Gasteiger partial charge >= 0.3 is 0 Å². The Labute approximate surface area is 229 Å². The van der Waals surface area contributed by atoms with Gasteiger partial charge in [-0.1, -0.05) is 32.9 Å². The molecule has 0 atom stereocenters. The van der Waals surface area contributed by atoms with E-state index in [1.54, 1.807) is 24.5 Å². The van der Waals surface area contributed by atoms with E-state index in [0.29, 0.717) is 0 Å². The molecule has 0 unspecified atom stereocenters. The van der Waals surface area contributed by atoms with Crippen LogP contribution < -0.4 is 4.74 Å². The first-order chi connectivity index (χ1) is 17.7. The summed E-state index contributed by atoms with van der Waals surface area (Å²) in [5.74, 6) is 0.882. The highest BCUT2D eigenvalue weighted by Crippen LogP contribution is 2.31. The normalized spacial score (nSPS) is 12.0. The standard InChI is InChI=1S/C20H21N2OS.C10H14O3S/c1-20(2,3)23-16-8-10-17(11-9-16)24(18-6-4-12-21-14-18)19-7-5-13-22-15-19;1-10(2,3)8-4-6-9(7-5-8)14(11,12)13/h4-15H,1-3H3;4-7H,1-3H3,(H,11,12,13)/q+1;/p-1. The van der Waals surface area contributed by atoms with E-state index in [9.17, 15) is 13.0 Å². The van der Waals surface area contributed by atoms with Crippen LogP contribution >= 0.6 is 0 Å². The fourth-order valence-corrected chi connectivity index (χ4v) is 5.92. The summed E-state index contributed by atoms with van der Waals surface area (Å²) in [6, 6.07) is 22.5. The zero-order valence-corrected chi connectivity index (χ0v) is 24.2. The molecule has 0 spiro atoms. The van der Waals surface area contributed by atoms with Gasteiger partial charge in [-0.25, -0.2) is 8.42 Å². The second-order valence-electron chi connectivity index (χ2n) is 10.6. The first kappa shape index (κ1) is 29.4. The molecular formula is C30H34N2O4S2. The molecule has 0 aliphatic carbocycles. The number of benzene rings is 2. The minimum atomic E-state index is -4.32. The van der Waals surface area contributed by atoms with Gasteiger partial charge in [-0.15, -0.1) is 0 Å². The van der Waals surface area contributed by atoms with E-state index in [1.165, 1.54) is 26.8 Å². The Morgan fingerprint density at radius 2 is 1.21 bits per heavy atom. The maximum Gasteiger partial charge on any atom is 0.184 e. The third kappa shape index (κ3) is 8.68. The van der Waals surface area contributed by atoms with Gasteiger partial charge in [-0.2, -0.15) is 0 Å². The third-order valence-corrected chi connectivity index (χ3v) is 8.25. The van der Waals surface area contributed by atoms with Crippen molar-refractivity contribution in [1.82, 2.24) is 9.97 Å². The van der Waals surface area contributed by atoms with Crippen molar-refractivity contribution in [2.24, 2.45) is 0 Å². The molecule has 6 nitrogen and oxygen atoms in total. The molecule has 200 valence electrons. The van der Waals surface area contributed by atoms with E-state index >= 15 is 0 Å². The lowest BCUT2D eigenvalue weighted by molar-refractivity contribution is 0.131. The van der Waals surface area contributed by atoms with Crippen molar-refractivity contribution >= 4 is 21.0 Å². The van der Waals surface area contributed by atoms with Crippen LogP contribution in [0.4, 0.5) is 0 Å². The van der Waals surface area contributed by atoms with E-state index in [1.807, 2.05) is 57.4 Å². The number of hydrogen-bond donors (Lipinski definition) is 0. The Kier molecular flexibility index (Phi) is 9.35. The highest BCUT2D eigenvalue weighted by molar-refractivity contribution is 7.97. The first-order valence-electron chi connectivity index (χ1n) is 12.1. The molecule has 0 aliphatic rings. The summed E-state index contributed by atoms with van der Waals surface area (Å²) in [6.07, 6.45) is 7.45. The van der Waals surface area contributed by atoms with Crippen molar-refractivity contribution in [3.8, 4) is 5.75 Å². The van der Waals surface area contributed by atoms with Gasteiger partial charge in [0.05, 0.1) is 17.3 Å². The van der Waals surface area contributed by atoms with Crippen LogP contribution in [-0.2, 0) is 26.4 Å². The Morgan fingerprint density at radius 1 is 0.711 bits per heavy atom. The van der Waals surface area contributed by atoms with E-state index in [4.69, 9.17) is 4.74 Å². The van der Waals surface area contributed by atoms with Gasteiger partial charge in [-0.05, 0) is 92.4 Å². The number of pyridine rings is 2. The predicted molar refractivity (Wildman–Crippen MR) is 151 cm³/mol. The molecule has 0 fully saturated rings. The van der Waals surface area contributed by atoms with Gasteiger partial charge in [0.1, 0.15) is 32.4 Å². The fraction of sp³-hybridized carbons (Fsp3) is 0.267. The second kappa shape index (κ2) is 12.1. The first-order valence-corrected chi connectivity index (χ1v) is 14.8. The van der Waals surface area contributed by atoms with Crippen LogP contribution in [0.2, 0.25) is 0 Å². The lowest BCUT2D eigenvalue weighted by Crippen LogP contribution is -2.22. The minimum absolute atomic E-state index is 0.0365. The summed E-state index contributed by atoms with van der Waals surface area (Å²) in [7, 11) is -4.54. The number of hydrogen-bond acceptors (Lipinski definition) is 6. The van der Waals surface area contributed by atoms with Crippen molar-refractivity contribution < 1.29 is 17.7 Å². The maximum atomic E-state index is 10.6. The molecule has 8 heteroatoms. The summed E-state index contributed by atoms with van der Waals surface area (Å²) in [5.41, 5.74) is 0.769. The minimum Gasteiger partial charge on any atom is -0.744 e. The summed E-state index contributed by atoms with van der Waals surface area (Å²) < 4.78 is 37.8. The molecule has 0 saturated carbocycles. The highest BCUT2D eigenvalue weighted by atomic mass is 32.2. The third-order valence-electron chi connectivity index (χ3n) is 5.23. The quantitative estimate of drug-likeness (QED) is 0.204. The smallest absolute Gasteiger partial charge is 0.184 e. The average Bonchev–Trinajstić information content (AvgIpc) is 2.85. The lowest BCUT2D eigenvalue weighted by Gasteiger charge is -2.21. The summed E-state index contributed by atoms with van der Waals surface area (Å²) in [5, 5.41) is 0. The van der Waals surface area contributed by atoms with Crippen molar-refractivity contribution in [3.63, 3.8) is 0 Å². The Morgan fingerprint density at radius 3 is 1.58 bits per heavy atom. The van der Waals surface area contributed by atoms with E-state index in [0.717, 1.165) is 11.3 Å². The number of nitrogens with zero attached hydrogens (tertiary/aromatic N) is 2. The average molecular weight is 551 g/mol. The highest BCUT2D eigenvalue weighted by Gasteiger charge is 2.29. The monoisotopic (exact) mass is 550 g/mol. The van der Waals surface area contributed by atoms with Crippen molar-refractivity contribution in [3.05, 3.63) is 103 Å². The molecule has 4 rings (SSSR count). The van der Waals surface area contributed by atoms with Crippen LogP contribution in [0.25, 0.3) is 0 Å². The van der Waals surface area contributed by atoms with Crippen LogP contribution in [-0.4, -0.2) is 28.5 Å². The van der Waals surface area contributed by atoms with Crippen LogP contribution in [0.5, 0.6) is 5.75 Å². The topological polar surface area (TPSA) is 92.2 Å². The fourth-order valence-electron chi connectivity index (χ4n) is 3.46. The molecule has 0 aliphatic heterocycles. The molecule has 0 radical (unpaired) electrons. The van der Waals surface area contributed by atoms with Crippen LogP contribution in [0.1, 0.15) is 47.1 Å². The molecule has 4 aromatic rings. The number of rotatable bonds is 5. The van der Waals surface area contributed by atoms with E-state index in [2.05, 4.69) is 55.0 Å². The largest absolute Gasteiger partial charge is 0.744 e. The molecule has 0 N–H and O–H groups in total. The Balaban J connectivity index is 0.000000244. The zero-order valence-electron chi connectivity index (χ0n) is 22.6. The van der Waals surface area contributed by atoms with Crippen molar-refractivity contribution in [2.45, 2.75) is 72.1 Å². The Hall–Kier alpha value is -3.20. The lowest BCUT2D eigenvalue weighted by atomic mass is 9.87. The molecule has 2 heterocycles. The molecular weight excluding hydrogens is 516 g/mol. The van der Waals surface area contributed by atoms with Gasteiger partial charge in [0.25, 0.3) is 0 Å². The van der Waals surface area contributed by atoms with Crippen LogP contribution in [0.3, 0.4) is 0 Å². The summed E-state index contributed by atoms with van der Waals surface area (Å²) in [4.78, 5) is 12.0. The van der Waals surface area contributed by atoms with Crippen LogP contribution in [0.15, 0.2) is 117 Å². The maximum absolute atomic E-state index is 10.6. The summed E-state index contributed by atoms with van der Waals surface area (Å²) in [6.45, 7) is 12.2. The van der Waals surface area contributed by atoms with Crippen LogP contribution in [0, 0.1) is 0 Å². The second-order valence-corrected chi connectivity index (χ2v) is 14.0. The van der Waals surface area contributed by atoms with Gasteiger partial charge in [0.15, 0.2) is 14.7 Å². The number of ether oxygens (including phenoxy) is 1. The van der Waals surface area contributed by atoms with Gasteiger partial charge in [-0.3, -0.25) is 9.97 Å². The van der Waals surface area contributed by atoms with E-state index in [-0.39, 0.29) is 26.8 Å². The SMILES string of the molecule is CC(C)(C)Oc1ccc([S+](c2cccnc2)c2cccnc2)cc1.CC(C)(C)c1ccc(S(=O)(=O)[O-])cc1. The molecule has 38 heavy (non-hydrogen) atoms. The van der Waals surface area contributed by atoms with Gasteiger partial charge in [0, 0.05) is 12.4 Å². The van der Waals surface area contributed by atoms with Crippen molar-refractivity contribution in [2.75, 3.05) is 0 Å². The molecule has 2 aromatic carbocycles. The van der Waals surface area contributed by atoms with Gasteiger partial charge in [0.2, 0.25) is 0 Å². The van der Waals surface area contributed by atoms with Gasteiger partial charge < -0.3 is 9.29 Å². The summed E-state index contributed by atoms with van der Waals surface area (Å²) >= 11 is 0.